The molecule has 0 heterocycles. The predicted molar refractivity (Wildman–Crippen MR) is 103 cm³/mol. The van der Waals surface area contributed by atoms with Gasteiger partial charge in [0.25, 0.3) is 0 Å². The van der Waals surface area contributed by atoms with Crippen LogP contribution in [0.3, 0.4) is 0 Å². The zero-order chi connectivity index (χ0) is 21.9. The van der Waals surface area contributed by atoms with E-state index in [1.807, 2.05) is 0 Å². The third kappa shape index (κ3) is 37.4. The molecule has 0 saturated carbocycles. The van der Waals surface area contributed by atoms with Crippen LogP contribution < -0.4 is 0 Å². The van der Waals surface area contributed by atoms with E-state index in [1.54, 1.807) is 6.08 Å². The van der Waals surface area contributed by atoms with Gasteiger partial charge in [0, 0.05) is 16.7 Å². The Hall–Kier alpha value is -2.83. The number of allylic oxidation sites excluding steroid dienone is 1. The number of carboxylic acid groups (broad SMARTS) is 3. The standard InChI is InChI=1S/C7H14O.3C4H6O2/c1-3-7(2)5-4-6-8;3*1-3(2)4(5)6/h4,6-8H,3,5H2,1-2H3;3*1H2,2H3,(H,5,6). The van der Waals surface area contributed by atoms with Crippen molar-refractivity contribution in [3.05, 3.63) is 48.8 Å². The zero-order valence-electron chi connectivity index (χ0n) is 16.3. The molecule has 0 aliphatic heterocycles. The van der Waals surface area contributed by atoms with Gasteiger partial charge in [-0.05, 0) is 39.2 Å². The van der Waals surface area contributed by atoms with E-state index in [-0.39, 0.29) is 16.7 Å². The summed E-state index contributed by atoms with van der Waals surface area (Å²) in [7, 11) is 0. The van der Waals surface area contributed by atoms with Crippen molar-refractivity contribution < 1.29 is 34.8 Å². The lowest BCUT2D eigenvalue weighted by Crippen LogP contribution is -1.92. The minimum Gasteiger partial charge on any atom is -0.516 e. The molecule has 7 heteroatoms. The molecule has 0 aliphatic carbocycles. The Morgan fingerprint density at radius 1 is 0.846 bits per heavy atom. The molecule has 0 aromatic carbocycles. The topological polar surface area (TPSA) is 132 Å². The van der Waals surface area contributed by atoms with Gasteiger partial charge in [-0.15, -0.1) is 0 Å². The van der Waals surface area contributed by atoms with E-state index < -0.39 is 17.9 Å². The molecular formula is C19H32O7. The van der Waals surface area contributed by atoms with Crippen molar-refractivity contribution in [3.8, 4) is 0 Å². The largest absolute Gasteiger partial charge is 0.516 e. The summed E-state index contributed by atoms with van der Waals surface area (Å²) in [4.78, 5) is 28.8. The Morgan fingerprint density at radius 3 is 1.19 bits per heavy atom. The van der Waals surface area contributed by atoms with Gasteiger partial charge in [0.1, 0.15) is 0 Å². The van der Waals surface area contributed by atoms with Crippen molar-refractivity contribution in [2.45, 2.75) is 47.5 Å². The summed E-state index contributed by atoms with van der Waals surface area (Å²) in [5, 5.41) is 31.9. The van der Waals surface area contributed by atoms with Crippen molar-refractivity contribution in [3.63, 3.8) is 0 Å². The van der Waals surface area contributed by atoms with Crippen LogP contribution in [0.4, 0.5) is 0 Å². The highest BCUT2D eigenvalue weighted by molar-refractivity contribution is 5.85. The highest BCUT2D eigenvalue weighted by Gasteiger charge is 1.92. The summed E-state index contributed by atoms with van der Waals surface area (Å²) in [6.45, 7) is 18.1. The number of aliphatic hydroxyl groups is 1. The molecule has 26 heavy (non-hydrogen) atoms. The van der Waals surface area contributed by atoms with E-state index in [1.165, 1.54) is 27.2 Å². The molecule has 1 atom stereocenters. The van der Waals surface area contributed by atoms with Gasteiger partial charge in [0.2, 0.25) is 0 Å². The normalized spacial score (nSPS) is 9.73. The first-order chi connectivity index (χ1) is 11.7. The van der Waals surface area contributed by atoms with Crippen LogP contribution in [0.5, 0.6) is 0 Å². The van der Waals surface area contributed by atoms with Crippen molar-refractivity contribution in [2.75, 3.05) is 0 Å². The van der Waals surface area contributed by atoms with E-state index in [4.69, 9.17) is 20.4 Å². The lowest BCUT2D eigenvalue weighted by molar-refractivity contribution is -0.133. The smallest absolute Gasteiger partial charge is 0.330 e. The van der Waals surface area contributed by atoms with E-state index >= 15 is 0 Å². The van der Waals surface area contributed by atoms with Crippen molar-refractivity contribution in [1.29, 1.82) is 0 Å². The average molecular weight is 372 g/mol. The van der Waals surface area contributed by atoms with Gasteiger partial charge < -0.3 is 20.4 Å². The lowest BCUT2D eigenvalue weighted by Gasteiger charge is -2.00. The molecule has 0 fully saturated rings. The molecule has 0 radical (unpaired) electrons. The van der Waals surface area contributed by atoms with Crippen LogP contribution in [0.15, 0.2) is 48.8 Å². The Labute approximate surface area is 155 Å². The van der Waals surface area contributed by atoms with Crippen LogP contribution >= 0.6 is 0 Å². The molecule has 0 rings (SSSR count). The first kappa shape index (κ1) is 31.0. The first-order valence-electron chi connectivity index (χ1n) is 7.69. The molecule has 0 aromatic rings. The maximum atomic E-state index is 9.60. The number of rotatable bonds is 6. The number of hydrogen-bond donors (Lipinski definition) is 4. The van der Waals surface area contributed by atoms with Crippen molar-refractivity contribution in [1.82, 2.24) is 0 Å². The van der Waals surface area contributed by atoms with E-state index in [0.717, 1.165) is 12.7 Å². The molecule has 0 aromatic heterocycles. The van der Waals surface area contributed by atoms with E-state index in [2.05, 4.69) is 33.6 Å². The highest BCUT2D eigenvalue weighted by atomic mass is 16.4. The maximum Gasteiger partial charge on any atom is 0.330 e. The second kappa shape index (κ2) is 20.2. The molecule has 7 nitrogen and oxygen atoms in total. The molecular weight excluding hydrogens is 340 g/mol. The van der Waals surface area contributed by atoms with Crippen LogP contribution in [-0.4, -0.2) is 38.3 Å². The Morgan fingerprint density at radius 2 is 1.08 bits per heavy atom. The fourth-order valence-electron chi connectivity index (χ4n) is 0.460. The first-order valence-corrected chi connectivity index (χ1v) is 7.69. The summed E-state index contributed by atoms with van der Waals surface area (Å²) in [5.74, 6) is -2.10. The molecule has 0 spiro atoms. The second-order valence-corrected chi connectivity index (χ2v) is 5.39. The van der Waals surface area contributed by atoms with Crippen molar-refractivity contribution >= 4 is 17.9 Å². The van der Waals surface area contributed by atoms with Crippen LogP contribution in [0.1, 0.15) is 47.5 Å². The van der Waals surface area contributed by atoms with E-state index in [0.29, 0.717) is 5.92 Å². The second-order valence-electron chi connectivity index (χ2n) is 5.39. The Kier molecular flexibility index (Phi) is 24.1. The number of aliphatic carboxylic acids is 3. The van der Waals surface area contributed by atoms with Crippen LogP contribution in [0.2, 0.25) is 0 Å². The van der Waals surface area contributed by atoms with Crippen LogP contribution in [-0.2, 0) is 14.4 Å². The van der Waals surface area contributed by atoms with Crippen LogP contribution in [0, 0.1) is 5.92 Å². The minimum absolute atomic E-state index is 0.176. The van der Waals surface area contributed by atoms with Crippen molar-refractivity contribution in [2.24, 2.45) is 5.92 Å². The molecule has 1 unspecified atom stereocenters. The number of aliphatic hydroxyl groups excluding tert-OH is 1. The molecule has 0 aliphatic rings. The summed E-state index contributed by atoms with van der Waals surface area (Å²) in [5.41, 5.74) is 0.528. The summed E-state index contributed by atoms with van der Waals surface area (Å²) in [6, 6.07) is 0. The number of carboxylic acids is 3. The molecule has 0 amide bonds. The van der Waals surface area contributed by atoms with Crippen LogP contribution in [0.25, 0.3) is 0 Å². The fraction of sp³-hybridized carbons (Fsp3) is 0.421. The number of carbonyl (C=O) groups is 3. The van der Waals surface area contributed by atoms with Gasteiger partial charge in [0.15, 0.2) is 0 Å². The Bertz CT molecular complexity index is 409. The summed E-state index contributed by atoms with van der Waals surface area (Å²) >= 11 is 0. The van der Waals surface area contributed by atoms with Gasteiger partial charge in [-0.3, -0.25) is 0 Å². The van der Waals surface area contributed by atoms with Gasteiger partial charge in [0.05, 0.1) is 6.26 Å². The molecule has 150 valence electrons. The third-order valence-electron chi connectivity index (χ3n) is 2.44. The average Bonchev–Trinajstić information content (AvgIpc) is 2.53. The summed E-state index contributed by atoms with van der Waals surface area (Å²) < 4.78 is 0. The summed E-state index contributed by atoms with van der Waals surface area (Å²) in [6.07, 6.45) is 5.08. The molecule has 4 N–H and O–H groups in total. The highest BCUT2D eigenvalue weighted by Crippen LogP contribution is 2.05. The molecule has 0 bridgehead atoms. The fourth-order valence-corrected chi connectivity index (χ4v) is 0.460. The zero-order valence-corrected chi connectivity index (χ0v) is 16.3. The maximum absolute atomic E-state index is 9.60. The minimum atomic E-state index is -0.935. The Balaban J connectivity index is -0.000000125. The van der Waals surface area contributed by atoms with Gasteiger partial charge >= 0.3 is 17.9 Å². The predicted octanol–water partition coefficient (Wildman–Crippen LogP) is 4.44. The SMILES string of the molecule is C=C(C)C(=O)O.C=C(C)C(=O)O.C=C(C)C(=O)O.CCC(C)CC=CO. The van der Waals surface area contributed by atoms with Gasteiger partial charge in [-0.25, -0.2) is 14.4 Å². The van der Waals surface area contributed by atoms with E-state index in [9.17, 15) is 14.4 Å². The number of hydrogen-bond acceptors (Lipinski definition) is 4. The van der Waals surface area contributed by atoms with Gasteiger partial charge in [-0.1, -0.05) is 40.0 Å². The quantitative estimate of drug-likeness (QED) is 0.400. The third-order valence-corrected chi connectivity index (χ3v) is 2.44. The van der Waals surface area contributed by atoms with Gasteiger partial charge in [-0.2, -0.15) is 0 Å². The molecule has 0 saturated heterocycles. The monoisotopic (exact) mass is 372 g/mol. The lowest BCUT2D eigenvalue weighted by atomic mass is 10.1.